The van der Waals surface area contributed by atoms with Crippen molar-refractivity contribution in [3.63, 3.8) is 0 Å². The van der Waals surface area contributed by atoms with Crippen LogP contribution in [-0.4, -0.2) is 31.6 Å². The number of morpholine rings is 1. The average molecular weight is 157 g/mol. The Morgan fingerprint density at radius 3 is 3.09 bits per heavy atom. The van der Waals surface area contributed by atoms with Crippen molar-refractivity contribution in [1.82, 2.24) is 5.32 Å². The van der Waals surface area contributed by atoms with Gasteiger partial charge in [0.25, 0.3) is 0 Å². The standard InChI is InChI=1S/C8H15NO2/c1-7(10)2-3-8-6-11-5-4-9-8/h8-9H,2-6H2,1H3/t8-/m0/s1. The van der Waals surface area contributed by atoms with Crippen LogP contribution in [0.5, 0.6) is 0 Å². The van der Waals surface area contributed by atoms with Gasteiger partial charge in [-0.1, -0.05) is 0 Å². The molecule has 0 aromatic rings. The van der Waals surface area contributed by atoms with E-state index < -0.39 is 0 Å². The highest BCUT2D eigenvalue weighted by Crippen LogP contribution is 2.01. The number of carbonyl (C=O) groups excluding carboxylic acids is 1. The van der Waals surface area contributed by atoms with E-state index in [2.05, 4.69) is 5.32 Å². The maximum absolute atomic E-state index is 10.6. The van der Waals surface area contributed by atoms with Gasteiger partial charge in [-0.3, -0.25) is 0 Å². The molecule has 0 unspecified atom stereocenters. The normalized spacial score (nSPS) is 25.0. The summed E-state index contributed by atoms with van der Waals surface area (Å²) in [5.74, 6) is 0.261. The van der Waals surface area contributed by atoms with Crippen molar-refractivity contribution in [2.75, 3.05) is 19.8 Å². The Balaban J connectivity index is 2.09. The number of ketones is 1. The number of carbonyl (C=O) groups is 1. The summed E-state index contributed by atoms with van der Waals surface area (Å²) < 4.78 is 5.24. The van der Waals surface area contributed by atoms with Crippen molar-refractivity contribution in [2.24, 2.45) is 0 Å². The predicted octanol–water partition coefficient (Wildman–Crippen LogP) is 0.344. The van der Waals surface area contributed by atoms with E-state index in [0.717, 1.165) is 26.2 Å². The molecule has 0 bridgehead atoms. The molecule has 64 valence electrons. The zero-order valence-corrected chi connectivity index (χ0v) is 6.93. The van der Waals surface area contributed by atoms with Crippen LogP contribution in [0.3, 0.4) is 0 Å². The molecule has 1 atom stereocenters. The number of rotatable bonds is 3. The lowest BCUT2D eigenvalue weighted by Gasteiger charge is -2.23. The number of Topliss-reactive ketones (excluding diaryl/α,β-unsaturated/α-hetero) is 1. The topological polar surface area (TPSA) is 38.3 Å². The fourth-order valence-electron chi connectivity index (χ4n) is 1.18. The number of hydrogen-bond acceptors (Lipinski definition) is 3. The van der Waals surface area contributed by atoms with E-state index in [9.17, 15) is 4.79 Å². The zero-order valence-electron chi connectivity index (χ0n) is 6.93. The van der Waals surface area contributed by atoms with Gasteiger partial charge in [-0.15, -0.1) is 0 Å². The molecule has 1 aliphatic rings. The fourth-order valence-corrected chi connectivity index (χ4v) is 1.18. The Bertz CT molecular complexity index is 130. The molecular formula is C8H15NO2. The molecule has 1 fully saturated rings. The van der Waals surface area contributed by atoms with Gasteiger partial charge >= 0.3 is 0 Å². The van der Waals surface area contributed by atoms with E-state index in [0.29, 0.717) is 12.5 Å². The summed E-state index contributed by atoms with van der Waals surface area (Å²) in [5, 5.41) is 3.30. The van der Waals surface area contributed by atoms with Crippen LogP contribution in [0.2, 0.25) is 0 Å². The van der Waals surface area contributed by atoms with Crippen LogP contribution in [0.1, 0.15) is 19.8 Å². The minimum Gasteiger partial charge on any atom is -0.379 e. The van der Waals surface area contributed by atoms with Crippen molar-refractivity contribution in [3.8, 4) is 0 Å². The summed E-state index contributed by atoms with van der Waals surface area (Å²) in [6, 6.07) is 0.396. The SMILES string of the molecule is CC(=O)CC[C@H]1COCCN1. The first-order valence-corrected chi connectivity index (χ1v) is 4.09. The molecule has 1 aliphatic heterocycles. The Labute approximate surface area is 67.1 Å². The molecule has 3 heteroatoms. The van der Waals surface area contributed by atoms with Crippen molar-refractivity contribution < 1.29 is 9.53 Å². The van der Waals surface area contributed by atoms with Gasteiger partial charge in [0.1, 0.15) is 5.78 Å². The lowest BCUT2D eigenvalue weighted by atomic mass is 10.1. The van der Waals surface area contributed by atoms with Crippen LogP contribution in [0.4, 0.5) is 0 Å². The van der Waals surface area contributed by atoms with E-state index in [1.165, 1.54) is 0 Å². The van der Waals surface area contributed by atoms with Crippen LogP contribution in [0, 0.1) is 0 Å². The van der Waals surface area contributed by atoms with Crippen molar-refractivity contribution in [3.05, 3.63) is 0 Å². The molecule has 0 radical (unpaired) electrons. The molecule has 3 nitrogen and oxygen atoms in total. The van der Waals surface area contributed by atoms with Crippen LogP contribution in [-0.2, 0) is 9.53 Å². The number of hydrogen-bond donors (Lipinski definition) is 1. The van der Waals surface area contributed by atoms with E-state index in [-0.39, 0.29) is 5.78 Å². The molecule has 0 aromatic heterocycles. The fraction of sp³-hybridized carbons (Fsp3) is 0.875. The zero-order chi connectivity index (χ0) is 8.10. The highest BCUT2D eigenvalue weighted by Gasteiger charge is 2.12. The summed E-state index contributed by atoms with van der Waals surface area (Å²) in [6.07, 6.45) is 1.58. The summed E-state index contributed by atoms with van der Waals surface area (Å²) in [4.78, 5) is 10.6. The third-order valence-corrected chi connectivity index (χ3v) is 1.84. The minimum atomic E-state index is 0.261. The molecule has 1 rings (SSSR count). The molecule has 0 aliphatic carbocycles. The number of nitrogens with one attached hydrogen (secondary N) is 1. The van der Waals surface area contributed by atoms with Gasteiger partial charge in [0, 0.05) is 19.0 Å². The second kappa shape index (κ2) is 4.46. The van der Waals surface area contributed by atoms with E-state index >= 15 is 0 Å². The Morgan fingerprint density at radius 2 is 2.55 bits per heavy atom. The molecule has 0 aromatic carbocycles. The second-order valence-electron chi connectivity index (χ2n) is 2.97. The summed E-state index contributed by atoms with van der Waals surface area (Å²) in [6.45, 7) is 4.11. The third kappa shape index (κ3) is 3.49. The molecular weight excluding hydrogens is 142 g/mol. The number of ether oxygens (including phenoxy) is 1. The predicted molar refractivity (Wildman–Crippen MR) is 42.5 cm³/mol. The molecule has 0 spiro atoms. The lowest BCUT2D eigenvalue weighted by Crippen LogP contribution is -2.41. The highest BCUT2D eigenvalue weighted by molar-refractivity contribution is 5.75. The third-order valence-electron chi connectivity index (χ3n) is 1.84. The van der Waals surface area contributed by atoms with Gasteiger partial charge in [-0.2, -0.15) is 0 Å². The molecule has 0 saturated carbocycles. The quantitative estimate of drug-likeness (QED) is 0.642. The van der Waals surface area contributed by atoms with Crippen LogP contribution >= 0.6 is 0 Å². The summed E-state index contributed by atoms with van der Waals surface area (Å²) in [5.41, 5.74) is 0. The van der Waals surface area contributed by atoms with E-state index in [1.807, 2.05) is 0 Å². The summed E-state index contributed by atoms with van der Waals surface area (Å²) in [7, 11) is 0. The molecule has 1 heterocycles. The Kier molecular flexibility index (Phi) is 3.52. The van der Waals surface area contributed by atoms with Crippen LogP contribution in [0.15, 0.2) is 0 Å². The minimum absolute atomic E-state index is 0.261. The average Bonchev–Trinajstić information content (AvgIpc) is 2.03. The van der Waals surface area contributed by atoms with Gasteiger partial charge in [0.2, 0.25) is 0 Å². The van der Waals surface area contributed by atoms with Gasteiger partial charge < -0.3 is 14.8 Å². The van der Waals surface area contributed by atoms with Gasteiger partial charge in [0.15, 0.2) is 0 Å². The summed E-state index contributed by atoms with van der Waals surface area (Å²) >= 11 is 0. The Hall–Kier alpha value is -0.410. The van der Waals surface area contributed by atoms with Crippen molar-refractivity contribution >= 4 is 5.78 Å². The monoisotopic (exact) mass is 157 g/mol. The van der Waals surface area contributed by atoms with Crippen molar-refractivity contribution in [1.29, 1.82) is 0 Å². The molecule has 11 heavy (non-hydrogen) atoms. The Morgan fingerprint density at radius 1 is 1.73 bits per heavy atom. The van der Waals surface area contributed by atoms with Crippen LogP contribution in [0.25, 0.3) is 0 Å². The smallest absolute Gasteiger partial charge is 0.129 e. The molecule has 1 saturated heterocycles. The molecule has 1 N–H and O–H groups in total. The molecule has 0 amide bonds. The lowest BCUT2D eigenvalue weighted by molar-refractivity contribution is -0.117. The van der Waals surface area contributed by atoms with Crippen molar-refractivity contribution in [2.45, 2.75) is 25.8 Å². The largest absolute Gasteiger partial charge is 0.379 e. The maximum atomic E-state index is 10.6. The first-order chi connectivity index (χ1) is 5.29. The van der Waals surface area contributed by atoms with Crippen LogP contribution < -0.4 is 5.32 Å². The van der Waals surface area contributed by atoms with Gasteiger partial charge in [-0.25, -0.2) is 0 Å². The van der Waals surface area contributed by atoms with E-state index in [1.54, 1.807) is 6.92 Å². The second-order valence-corrected chi connectivity index (χ2v) is 2.97. The van der Waals surface area contributed by atoms with Gasteiger partial charge in [-0.05, 0) is 13.3 Å². The maximum Gasteiger partial charge on any atom is 0.129 e. The first-order valence-electron chi connectivity index (χ1n) is 4.09. The first kappa shape index (κ1) is 8.68. The van der Waals surface area contributed by atoms with E-state index in [4.69, 9.17) is 4.74 Å². The van der Waals surface area contributed by atoms with Gasteiger partial charge in [0.05, 0.1) is 13.2 Å². The highest BCUT2D eigenvalue weighted by atomic mass is 16.5.